The monoisotopic (exact) mass is 310 g/mol. The van der Waals surface area contributed by atoms with Gasteiger partial charge < -0.3 is 19.5 Å². The second-order valence-corrected chi connectivity index (χ2v) is 5.55. The second-order valence-electron chi connectivity index (χ2n) is 5.55. The van der Waals surface area contributed by atoms with Gasteiger partial charge in [0.05, 0.1) is 13.2 Å². The number of hydrogen-bond acceptors (Lipinski definition) is 6. The van der Waals surface area contributed by atoms with Crippen molar-refractivity contribution < 1.29 is 9.26 Å². The third-order valence-corrected chi connectivity index (χ3v) is 4.26. The van der Waals surface area contributed by atoms with Crippen molar-refractivity contribution >= 4 is 16.7 Å². The highest BCUT2D eigenvalue weighted by atomic mass is 16.5. The van der Waals surface area contributed by atoms with Crippen molar-refractivity contribution in [3.8, 4) is 5.75 Å². The molecule has 1 atom stereocenters. The third kappa shape index (κ3) is 2.51. The minimum absolute atomic E-state index is 0.126. The number of fused-ring (bicyclic) bond motifs is 1. The van der Waals surface area contributed by atoms with Crippen LogP contribution in [0.15, 0.2) is 47.2 Å². The first-order valence-electron chi connectivity index (χ1n) is 7.67. The largest absolute Gasteiger partial charge is 0.497 e. The van der Waals surface area contributed by atoms with Crippen molar-refractivity contribution in [2.24, 2.45) is 0 Å². The molecule has 1 saturated heterocycles. The smallest absolute Gasteiger partial charge is 0.170 e. The number of nitrogens with one attached hydrogen (secondary N) is 1. The first-order valence-corrected chi connectivity index (χ1v) is 7.67. The molecule has 1 aromatic carbocycles. The molecule has 118 valence electrons. The van der Waals surface area contributed by atoms with Crippen LogP contribution in [0.2, 0.25) is 0 Å². The fourth-order valence-corrected chi connectivity index (χ4v) is 3.10. The molecule has 0 bridgehead atoms. The SMILES string of the molecule is COc1ccc2c(C3CNCCN3c3ccncc3)noc2c1. The van der Waals surface area contributed by atoms with Gasteiger partial charge in [-0.1, -0.05) is 5.16 Å². The Balaban J connectivity index is 1.75. The number of pyridine rings is 1. The van der Waals surface area contributed by atoms with Crippen LogP contribution in [0.3, 0.4) is 0 Å². The van der Waals surface area contributed by atoms with Gasteiger partial charge in [0, 0.05) is 49.2 Å². The Labute approximate surface area is 134 Å². The van der Waals surface area contributed by atoms with Crippen LogP contribution in [0.25, 0.3) is 11.0 Å². The van der Waals surface area contributed by atoms with Gasteiger partial charge in [-0.05, 0) is 24.3 Å². The molecule has 0 saturated carbocycles. The van der Waals surface area contributed by atoms with Crippen LogP contribution >= 0.6 is 0 Å². The van der Waals surface area contributed by atoms with E-state index in [2.05, 4.69) is 20.4 Å². The van der Waals surface area contributed by atoms with Crippen LogP contribution in [0, 0.1) is 0 Å². The number of aromatic nitrogens is 2. The summed E-state index contributed by atoms with van der Waals surface area (Å²) < 4.78 is 10.8. The second kappa shape index (κ2) is 5.89. The Hall–Kier alpha value is -2.60. The summed E-state index contributed by atoms with van der Waals surface area (Å²) in [6, 6.07) is 10.0. The molecule has 6 nitrogen and oxygen atoms in total. The van der Waals surface area contributed by atoms with Crippen LogP contribution in [0.4, 0.5) is 5.69 Å². The summed E-state index contributed by atoms with van der Waals surface area (Å²) in [6.45, 7) is 2.69. The minimum Gasteiger partial charge on any atom is -0.497 e. The molecule has 0 radical (unpaired) electrons. The predicted octanol–water partition coefficient (Wildman–Crippen LogP) is 2.38. The van der Waals surface area contributed by atoms with Crippen molar-refractivity contribution in [2.75, 3.05) is 31.6 Å². The van der Waals surface area contributed by atoms with Gasteiger partial charge in [0.15, 0.2) is 5.58 Å². The van der Waals surface area contributed by atoms with E-state index in [1.165, 1.54) is 0 Å². The van der Waals surface area contributed by atoms with E-state index in [0.29, 0.717) is 0 Å². The summed E-state index contributed by atoms with van der Waals surface area (Å²) in [6.07, 6.45) is 3.64. The van der Waals surface area contributed by atoms with Gasteiger partial charge in [0.1, 0.15) is 11.4 Å². The molecule has 1 N–H and O–H groups in total. The van der Waals surface area contributed by atoms with E-state index in [1.54, 1.807) is 7.11 Å². The Kier molecular flexibility index (Phi) is 3.59. The number of rotatable bonds is 3. The summed E-state index contributed by atoms with van der Waals surface area (Å²) in [4.78, 5) is 6.45. The van der Waals surface area contributed by atoms with Gasteiger partial charge >= 0.3 is 0 Å². The molecule has 0 spiro atoms. The molecule has 0 aliphatic carbocycles. The standard InChI is InChI=1S/C17H18N4O2/c1-22-13-2-3-14-16(10-13)23-20-17(14)15-11-19-8-9-21(15)12-4-6-18-7-5-12/h2-7,10,15,19H,8-9,11H2,1H3. The van der Waals surface area contributed by atoms with E-state index in [4.69, 9.17) is 9.26 Å². The topological polar surface area (TPSA) is 63.4 Å². The van der Waals surface area contributed by atoms with Crippen molar-refractivity contribution in [3.63, 3.8) is 0 Å². The van der Waals surface area contributed by atoms with E-state index in [1.807, 2.05) is 42.7 Å². The average Bonchev–Trinajstić information content (AvgIpc) is 3.05. The van der Waals surface area contributed by atoms with E-state index in [-0.39, 0.29) is 6.04 Å². The summed E-state index contributed by atoms with van der Waals surface area (Å²) in [5, 5.41) is 8.82. The quantitative estimate of drug-likeness (QED) is 0.801. The van der Waals surface area contributed by atoms with Gasteiger partial charge in [-0.3, -0.25) is 4.98 Å². The molecular formula is C17H18N4O2. The lowest BCUT2D eigenvalue weighted by Crippen LogP contribution is -2.46. The molecule has 6 heteroatoms. The summed E-state index contributed by atoms with van der Waals surface area (Å²) >= 11 is 0. The molecule has 4 rings (SSSR count). The van der Waals surface area contributed by atoms with Crippen LogP contribution < -0.4 is 15.0 Å². The van der Waals surface area contributed by atoms with E-state index < -0.39 is 0 Å². The van der Waals surface area contributed by atoms with Gasteiger partial charge in [-0.25, -0.2) is 0 Å². The maximum Gasteiger partial charge on any atom is 0.170 e. The number of anilines is 1. The van der Waals surface area contributed by atoms with Crippen LogP contribution in [0.1, 0.15) is 11.7 Å². The van der Waals surface area contributed by atoms with Crippen molar-refractivity contribution in [1.29, 1.82) is 0 Å². The number of nitrogens with zero attached hydrogens (tertiary/aromatic N) is 3. The molecule has 3 heterocycles. The Morgan fingerprint density at radius 1 is 1.26 bits per heavy atom. The minimum atomic E-state index is 0.126. The van der Waals surface area contributed by atoms with Gasteiger partial charge in [0.2, 0.25) is 0 Å². The Morgan fingerprint density at radius 2 is 2.13 bits per heavy atom. The normalized spacial score (nSPS) is 18.3. The summed E-state index contributed by atoms with van der Waals surface area (Å²) in [5.41, 5.74) is 2.85. The predicted molar refractivity (Wildman–Crippen MR) is 87.8 cm³/mol. The zero-order chi connectivity index (χ0) is 15.6. The first kappa shape index (κ1) is 14.0. The zero-order valence-corrected chi connectivity index (χ0v) is 12.9. The number of benzene rings is 1. The highest BCUT2D eigenvalue weighted by molar-refractivity contribution is 5.81. The highest BCUT2D eigenvalue weighted by Gasteiger charge is 2.28. The van der Waals surface area contributed by atoms with Crippen molar-refractivity contribution in [1.82, 2.24) is 15.5 Å². The fraction of sp³-hybridized carbons (Fsp3) is 0.294. The lowest BCUT2D eigenvalue weighted by molar-refractivity contribution is 0.405. The molecule has 1 aliphatic heterocycles. The lowest BCUT2D eigenvalue weighted by atomic mass is 10.0. The maximum atomic E-state index is 5.53. The van der Waals surface area contributed by atoms with Crippen molar-refractivity contribution in [2.45, 2.75) is 6.04 Å². The number of hydrogen-bond donors (Lipinski definition) is 1. The van der Waals surface area contributed by atoms with Crippen molar-refractivity contribution in [3.05, 3.63) is 48.4 Å². The van der Waals surface area contributed by atoms with Crippen LogP contribution in [-0.2, 0) is 0 Å². The zero-order valence-electron chi connectivity index (χ0n) is 12.9. The van der Waals surface area contributed by atoms with Gasteiger partial charge in [-0.15, -0.1) is 0 Å². The van der Waals surface area contributed by atoms with Crippen LogP contribution in [-0.4, -0.2) is 36.9 Å². The number of methoxy groups -OCH3 is 1. The fourth-order valence-electron chi connectivity index (χ4n) is 3.10. The molecule has 1 unspecified atom stereocenters. The van der Waals surface area contributed by atoms with Gasteiger partial charge in [-0.2, -0.15) is 0 Å². The summed E-state index contributed by atoms with van der Waals surface area (Å²) in [5.74, 6) is 0.771. The molecule has 2 aromatic heterocycles. The molecule has 3 aromatic rings. The average molecular weight is 310 g/mol. The lowest BCUT2D eigenvalue weighted by Gasteiger charge is -2.36. The molecule has 1 fully saturated rings. The molecule has 23 heavy (non-hydrogen) atoms. The van der Waals surface area contributed by atoms with Crippen LogP contribution in [0.5, 0.6) is 5.75 Å². The van der Waals surface area contributed by atoms with E-state index >= 15 is 0 Å². The number of piperazine rings is 1. The molecule has 0 amide bonds. The maximum absolute atomic E-state index is 5.53. The van der Waals surface area contributed by atoms with Gasteiger partial charge in [0.25, 0.3) is 0 Å². The number of ether oxygens (including phenoxy) is 1. The first-order chi connectivity index (χ1) is 11.4. The third-order valence-electron chi connectivity index (χ3n) is 4.26. The molecular weight excluding hydrogens is 292 g/mol. The highest BCUT2D eigenvalue weighted by Crippen LogP contribution is 2.33. The Bertz CT molecular complexity index is 803. The van der Waals surface area contributed by atoms with E-state index in [0.717, 1.165) is 47.7 Å². The summed E-state index contributed by atoms with van der Waals surface area (Å²) in [7, 11) is 1.65. The Morgan fingerprint density at radius 3 is 2.96 bits per heavy atom. The van der Waals surface area contributed by atoms with E-state index in [9.17, 15) is 0 Å². The molecule has 1 aliphatic rings.